The Labute approximate surface area is 121 Å². The highest BCUT2D eigenvalue weighted by atomic mass is 16.5. The van der Waals surface area contributed by atoms with Gasteiger partial charge in [-0.3, -0.25) is 0 Å². The lowest BCUT2D eigenvalue weighted by atomic mass is 10.0. The van der Waals surface area contributed by atoms with E-state index in [9.17, 15) is 5.11 Å². The smallest absolute Gasteiger partial charge is 0.213 e. The molecule has 0 spiro atoms. The van der Waals surface area contributed by atoms with Gasteiger partial charge in [0.05, 0.1) is 18.4 Å². The molecule has 0 unspecified atom stereocenters. The highest BCUT2D eigenvalue weighted by Crippen LogP contribution is 2.24. The monoisotopic (exact) mass is 278 g/mol. The van der Waals surface area contributed by atoms with Crippen LogP contribution in [0.1, 0.15) is 56.7 Å². The summed E-state index contributed by atoms with van der Waals surface area (Å²) in [4.78, 5) is 4.37. The van der Waals surface area contributed by atoms with Crippen molar-refractivity contribution in [3.05, 3.63) is 23.9 Å². The summed E-state index contributed by atoms with van der Waals surface area (Å²) in [5, 5.41) is 9.90. The molecule has 1 aliphatic rings. The molecule has 0 radical (unpaired) electrons. The zero-order valence-electron chi connectivity index (χ0n) is 12.1. The lowest BCUT2D eigenvalue weighted by Gasteiger charge is -2.15. The number of hydrogen-bond acceptors (Lipinski definition) is 4. The van der Waals surface area contributed by atoms with Gasteiger partial charge in [0.25, 0.3) is 0 Å². The van der Waals surface area contributed by atoms with Crippen LogP contribution in [-0.2, 0) is 0 Å². The molecule has 1 aromatic heterocycles. The van der Waals surface area contributed by atoms with E-state index in [0.717, 1.165) is 6.61 Å². The Bertz CT molecular complexity index is 390. The fourth-order valence-electron chi connectivity index (χ4n) is 2.74. The van der Waals surface area contributed by atoms with Crippen molar-refractivity contribution >= 4 is 0 Å². The standard InChI is InChI=1S/C16H26N2O2/c17-11-10-15(19)14-8-5-9-16(18-14)20-12-13-6-3-1-2-4-7-13/h5,8-9,13,15,19H,1-4,6-7,10-12,17H2/t15-/m1/s1. The second kappa shape index (κ2) is 8.22. The minimum atomic E-state index is -0.596. The van der Waals surface area contributed by atoms with Crippen LogP contribution in [0.3, 0.4) is 0 Å². The van der Waals surface area contributed by atoms with Crippen molar-refractivity contribution in [2.75, 3.05) is 13.2 Å². The molecule has 0 saturated heterocycles. The van der Waals surface area contributed by atoms with E-state index in [1.165, 1.54) is 38.5 Å². The van der Waals surface area contributed by atoms with Crippen molar-refractivity contribution in [2.45, 2.75) is 51.0 Å². The maximum atomic E-state index is 9.90. The van der Waals surface area contributed by atoms with Gasteiger partial charge >= 0.3 is 0 Å². The first-order chi connectivity index (χ1) is 9.79. The fourth-order valence-corrected chi connectivity index (χ4v) is 2.74. The van der Waals surface area contributed by atoms with Crippen LogP contribution in [0.25, 0.3) is 0 Å². The normalized spacial score (nSPS) is 18.5. The number of aromatic nitrogens is 1. The van der Waals surface area contributed by atoms with Crippen LogP contribution in [-0.4, -0.2) is 23.2 Å². The zero-order chi connectivity index (χ0) is 14.2. The van der Waals surface area contributed by atoms with Gasteiger partial charge in [0.2, 0.25) is 5.88 Å². The molecule has 0 aliphatic heterocycles. The summed E-state index contributed by atoms with van der Waals surface area (Å²) in [6, 6.07) is 5.55. The zero-order valence-corrected chi connectivity index (χ0v) is 12.1. The summed E-state index contributed by atoms with van der Waals surface area (Å²) >= 11 is 0. The van der Waals surface area contributed by atoms with Crippen molar-refractivity contribution in [3.8, 4) is 5.88 Å². The average molecular weight is 278 g/mol. The highest BCUT2D eigenvalue weighted by Gasteiger charge is 2.14. The summed E-state index contributed by atoms with van der Waals surface area (Å²) in [5.41, 5.74) is 6.10. The average Bonchev–Trinajstić information content (AvgIpc) is 2.74. The maximum absolute atomic E-state index is 9.90. The second-order valence-corrected chi connectivity index (χ2v) is 5.66. The molecule has 1 fully saturated rings. The number of ether oxygens (including phenoxy) is 1. The van der Waals surface area contributed by atoms with Crippen molar-refractivity contribution in [2.24, 2.45) is 11.7 Å². The van der Waals surface area contributed by atoms with Crippen molar-refractivity contribution < 1.29 is 9.84 Å². The Hall–Kier alpha value is -1.13. The summed E-state index contributed by atoms with van der Waals surface area (Å²) in [5.74, 6) is 1.26. The van der Waals surface area contributed by atoms with Gasteiger partial charge in [0.15, 0.2) is 0 Å². The van der Waals surface area contributed by atoms with E-state index < -0.39 is 6.10 Å². The van der Waals surface area contributed by atoms with Crippen LogP contribution in [0.15, 0.2) is 18.2 Å². The van der Waals surface area contributed by atoms with Crippen molar-refractivity contribution in [1.29, 1.82) is 0 Å². The summed E-state index contributed by atoms with van der Waals surface area (Å²) in [6.45, 7) is 1.19. The van der Waals surface area contributed by atoms with Gasteiger partial charge in [-0.15, -0.1) is 0 Å². The molecule has 1 heterocycles. The predicted octanol–water partition coefficient (Wildman–Crippen LogP) is 2.81. The number of nitrogens with two attached hydrogens (primary N) is 1. The maximum Gasteiger partial charge on any atom is 0.213 e. The van der Waals surface area contributed by atoms with E-state index in [-0.39, 0.29) is 0 Å². The molecule has 0 aromatic carbocycles. The van der Waals surface area contributed by atoms with Gasteiger partial charge in [-0.2, -0.15) is 0 Å². The molecule has 4 nitrogen and oxygen atoms in total. The quantitative estimate of drug-likeness (QED) is 0.785. The molecule has 112 valence electrons. The van der Waals surface area contributed by atoms with E-state index >= 15 is 0 Å². The third kappa shape index (κ3) is 4.76. The molecule has 0 amide bonds. The molecule has 0 bridgehead atoms. The lowest BCUT2D eigenvalue weighted by Crippen LogP contribution is -2.13. The van der Waals surface area contributed by atoms with Crippen LogP contribution in [0.2, 0.25) is 0 Å². The third-order valence-corrected chi connectivity index (χ3v) is 3.97. The Morgan fingerprint density at radius 3 is 2.70 bits per heavy atom. The number of pyridine rings is 1. The van der Waals surface area contributed by atoms with Gasteiger partial charge in [-0.25, -0.2) is 4.98 Å². The first kappa shape index (κ1) is 15.3. The molecular weight excluding hydrogens is 252 g/mol. The van der Waals surface area contributed by atoms with E-state index in [1.807, 2.05) is 18.2 Å². The van der Waals surface area contributed by atoms with E-state index in [2.05, 4.69) is 4.98 Å². The Morgan fingerprint density at radius 1 is 1.25 bits per heavy atom. The summed E-state index contributed by atoms with van der Waals surface area (Å²) in [6.07, 6.45) is 7.80. The van der Waals surface area contributed by atoms with Gasteiger partial charge in [-0.05, 0) is 37.8 Å². The van der Waals surface area contributed by atoms with Gasteiger partial charge in [-0.1, -0.05) is 31.7 Å². The Morgan fingerprint density at radius 2 is 2.00 bits per heavy atom. The number of hydrogen-bond donors (Lipinski definition) is 2. The molecule has 1 atom stereocenters. The molecule has 1 saturated carbocycles. The second-order valence-electron chi connectivity index (χ2n) is 5.66. The lowest BCUT2D eigenvalue weighted by molar-refractivity contribution is 0.162. The van der Waals surface area contributed by atoms with Gasteiger partial charge in [0, 0.05) is 6.07 Å². The Balaban J connectivity index is 1.87. The van der Waals surface area contributed by atoms with E-state index in [1.54, 1.807) is 0 Å². The van der Waals surface area contributed by atoms with Crippen LogP contribution in [0.4, 0.5) is 0 Å². The van der Waals surface area contributed by atoms with Crippen LogP contribution in [0, 0.1) is 5.92 Å². The third-order valence-electron chi connectivity index (χ3n) is 3.97. The molecule has 4 heteroatoms. The Kier molecular flexibility index (Phi) is 6.27. The summed E-state index contributed by atoms with van der Waals surface area (Å²) < 4.78 is 5.82. The van der Waals surface area contributed by atoms with Gasteiger partial charge in [0.1, 0.15) is 0 Å². The van der Waals surface area contributed by atoms with Crippen LogP contribution >= 0.6 is 0 Å². The predicted molar refractivity (Wildman–Crippen MR) is 79.6 cm³/mol. The SMILES string of the molecule is NCC[C@@H](O)c1cccc(OCC2CCCCCC2)n1. The molecule has 2 rings (SSSR count). The topological polar surface area (TPSA) is 68.4 Å². The highest BCUT2D eigenvalue weighted by molar-refractivity contribution is 5.17. The number of aliphatic hydroxyl groups is 1. The largest absolute Gasteiger partial charge is 0.477 e. The number of aliphatic hydroxyl groups excluding tert-OH is 1. The molecule has 1 aliphatic carbocycles. The van der Waals surface area contributed by atoms with Gasteiger partial charge < -0.3 is 15.6 Å². The molecular formula is C16H26N2O2. The number of nitrogens with zero attached hydrogens (tertiary/aromatic N) is 1. The molecule has 3 N–H and O–H groups in total. The van der Waals surface area contributed by atoms with E-state index in [0.29, 0.717) is 30.5 Å². The fraction of sp³-hybridized carbons (Fsp3) is 0.688. The first-order valence-corrected chi connectivity index (χ1v) is 7.77. The van der Waals surface area contributed by atoms with Crippen molar-refractivity contribution in [3.63, 3.8) is 0 Å². The van der Waals surface area contributed by atoms with E-state index in [4.69, 9.17) is 10.5 Å². The number of rotatable bonds is 6. The molecule has 1 aromatic rings. The minimum absolute atomic E-state index is 0.454. The van der Waals surface area contributed by atoms with Crippen molar-refractivity contribution in [1.82, 2.24) is 4.98 Å². The summed E-state index contributed by atoms with van der Waals surface area (Å²) in [7, 11) is 0. The minimum Gasteiger partial charge on any atom is -0.477 e. The molecule has 20 heavy (non-hydrogen) atoms. The first-order valence-electron chi connectivity index (χ1n) is 7.77. The van der Waals surface area contributed by atoms with Crippen LogP contribution in [0.5, 0.6) is 5.88 Å². The van der Waals surface area contributed by atoms with Crippen LogP contribution < -0.4 is 10.5 Å².